The molecule has 0 saturated carbocycles. The SMILES string of the molecule is CCCN1CCC(NC(=O)c2ccc(-c3ccc(F)cc3)s2)CC1. The van der Waals surface area contributed by atoms with Gasteiger partial charge in [0, 0.05) is 24.0 Å². The van der Waals surface area contributed by atoms with Gasteiger partial charge in [-0.25, -0.2) is 4.39 Å². The number of amides is 1. The summed E-state index contributed by atoms with van der Waals surface area (Å²) in [6.45, 7) is 5.46. The average Bonchev–Trinajstić information content (AvgIpc) is 3.08. The van der Waals surface area contributed by atoms with Crippen LogP contribution in [0, 0.1) is 5.82 Å². The molecule has 5 heteroatoms. The van der Waals surface area contributed by atoms with E-state index in [1.165, 1.54) is 29.9 Å². The zero-order chi connectivity index (χ0) is 16.9. The fourth-order valence-corrected chi connectivity index (χ4v) is 4.02. The van der Waals surface area contributed by atoms with Crippen molar-refractivity contribution in [3.8, 4) is 10.4 Å². The second-order valence-corrected chi connectivity index (χ2v) is 7.34. The van der Waals surface area contributed by atoms with Gasteiger partial charge in [0.2, 0.25) is 0 Å². The van der Waals surface area contributed by atoms with Crippen molar-refractivity contribution in [3.05, 3.63) is 47.1 Å². The monoisotopic (exact) mass is 346 g/mol. The van der Waals surface area contributed by atoms with Gasteiger partial charge in [0.05, 0.1) is 4.88 Å². The Labute approximate surface area is 146 Å². The number of thiophene rings is 1. The number of benzene rings is 1. The summed E-state index contributed by atoms with van der Waals surface area (Å²) in [6, 6.07) is 10.4. The van der Waals surface area contributed by atoms with E-state index in [0.29, 0.717) is 4.88 Å². The van der Waals surface area contributed by atoms with Crippen molar-refractivity contribution < 1.29 is 9.18 Å². The number of nitrogens with one attached hydrogen (secondary N) is 1. The van der Waals surface area contributed by atoms with Crippen molar-refractivity contribution in [2.75, 3.05) is 19.6 Å². The molecule has 3 rings (SSSR count). The molecule has 0 aliphatic carbocycles. The van der Waals surface area contributed by atoms with E-state index in [2.05, 4.69) is 17.1 Å². The molecule has 0 bridgehead atoms. The summed E-state index contributed by atoms with van der Waals surface area (Å²) in [5.41, 5.74) is 0.938. The standard InChI is InChI=1S/C19H23FN2OS/c1-2-11-22-12-9-16(10-13-22)21-19(23)18-8-7-17(24-18)14-3-5-15(20)6-4-14/h3-8,16H,2,9-13H2,1H3,(H,21,23). The van der Waals surface area contributed by atoms with Crippen molar-refractivity contribution in [2.24, 2.45) is 0 Å². The van der Waals surface area contributed by atoms with Crippen LogP contribution < -0.4 is 5.32 Å². The lowest BCUT2D eigenvalue weighted by Crippen LogP contribution is -2.44. The minimum absolute atomic E-state index is 0.00213. The van der Waals surface area contributed by atoms with Crippen molar-refractivity contribution in [1.29, 1.82) is 0 Å². The highest BCUT2D eigenvalue weighted by Crippen LogP contribution is 2.28. The second kappa shape index (κ2) is 7.90. The fraction of sp³-hybridized carbons (Fsp3) is 0.421. The number of hydrogen-bond acceptors (Lipinski definition) is 3. The van der Waals surface area contributed by atoms with Crippen molar-refractivity contribution in [3.63, 3.8) is 0 Å². The number of piperidine rings is 1. The summed E-state index contributed by atoms with van der Waals surface area (Å²) in [5.74, 6) is -0.245. The first-order chi connectivity index (χ1) is 11.7. The molecule has 2 aromatic rings. The number of halogens is 1. The predicted octanol–water partition coefficient (Wildman–Crippen LogP) is 4.16. The predicted molar refractivity (Wildman–Crippen MR) is 96.9 cm³/mol. The van der Waals surface area contributed by atoms with Crippen molar-refractivity contribution >= 4 is 17.2 Å². The topological polar surface area (TPSA) is 32.3 Å². The first-order valence-corrected chi connectivity index (χ1v) is 9.36. The van der Waals surface area contributed by atoms with E-state index in [0.717, 1.165) is 42.9 Å². The molecule has 1 saturated heterocycles. The van der Waals surface area contributed by atoms with E-state index in [1.54, 1.807) is 12.1 Å². The summed E-state index contributed by atoms with van der Waals surface area (Å²) in [7, 11) is 0. The average molecular weight is 346 g/mol. The Kier molecular flexibility index (Phi) is 5.63. The van der Waals surface area contributed by atoms with Crippen LogP contribution in [0.15, 0.2) is 36.4 Å². The molecule has 0 atom stereocenters. The zero-order valence-electron chi connectivity index (χ0n) is 13.9. The molecule has 1 aliphatic rings. The summed E-state index contributed by atoms with van der Waals surface area (Å²) in [4.78, 5) is 16.6. The summed E-state index contributed by atoms with van der Waals surface area (Å²) >= 11 is 1.45. The van der Waals surface area contributed by atoms with Gasteiger partial charge in [-0.15, -0.1) is 11.3 Å². The smallest absolute Gasteiger partial charge is 0.261 e. The van der Waals surface area contributed by atoms with Gasteiger partial charge in [0.25, 0.3) is 5.91 Å². The first kappa shape index (κ1) is 17.1. The highest BCUT2D eigenvalue weighted by atomic mass is 32.1. The highest BCUT2D eigenvalue weighted by Gasteiger charge is 2.21. The van der Waals surface area contributed by atoms with Gasteiger partial charge < -0.3 is 10.2 Å². The minimum Gasteiger partial charge on any atom is -0.349 e. The van der Waals surface area contributed by atoms with Crippen LogP contribution in [-0.4, -0.2) is 36.5 Å². The third-order valence-electron chi connectivity index (χ3n) is 4.42. The molecule has 3 nitrogen and oxygen atoms in total. The Morgan fingerprint density at radius 3 is 2.58 bits per heavy atom. The van der Waals surface area contributed by atoms with Gasteiger partial charge in [0.15, 0.2) is 0 Å². The first-order valence-electron chi connectivity index (χ1n) is 8.54. The normalized spacial score (nSPS) is 16.2. The third kappa shape index (κ3) is 4.22. The number of carbonyl (C=O) groups is 1. The van der Waals surface area contributed by atoms with E-state index < -0.39 is 0 Å². The zero-order valence-corrected chi connectivity index (χ0v) is 14.7. The van der Waals surface area contributed by atoms with Crippen LogP contribution in [-0.2, 0) is 0 Å². The maximum Gasteiger partial charge on any atom is 0.261 e. The van der Waals surface area contributed by atoms with E-state index in [1.807, 2.05) is 12.1 Å². The number of likely N-dealkylation sites (tertiary alicyclic amines) is 1. The molecule has 1 aromatic carbocycles. The Morgan fingerprint density at radius 2 is 1.92 bits per heavy atom. The van der Waals surface area contributed by atoms with Crippen LogP contribution in [0.1, 0.15) is 35.9 Å². The molecule has 1 aliphatic heterocycles. The quantitative estimate of drug-likeness (QED) is 0.882. The lowest BCUT2D eigenvalue weighted by atomic mass is 10.0. The number of rotatable bonds is 5. The molecule has 0 radical (unpaired) electrons. The molecule has 1 amide bonds. The van der Waals surface area contributed by atoms with Gasteiger partial charge in [-0.3, -0.25) is 4.79 Å². The van der Waals surface area contributed by atoms with Crippen LogP contribution in [0.4, 0.5) is 4.39 Å². The van der Waals surface area contributed by atoms with Gasteiger partial charge in [0.1, 0.15) is 5.82 Å². The molecule has 0 spiro atoms. The molecule has 1 N–H and O–H groups in total. The van der Waals surface area contributed by atoms with Gasteiger partial charge in [-0.05, 0) is 55.6 Å². The Balaban J connectivity index is 1.57. The van der Waals surface area contributed by atoms with Crippen LogP contribution in [0.2, 0.25) is 0 Å². The molecule has 2 heterocycles. The molecule has 24 heavy (non-hydrogen) atoms. The van der Waals surface area contributed by atoms with Crippen LogP contribution in [0.3, 0.4) is 0 Å². The largest absolute Gasteiger partial charge is 0.349 e. The van der Waals surface area contributed by atoms with Crippen molar-refractivity contribution in [2.45, 2.75) is 32.2 Å². The van der Waals surface area contributed by atoms with Gasteiger partial charge in [-0.1, -0.05) is 19.1 Å². The van der Waals surface area contributed by atoms with Crippen LogP contribution >= 0.6 is 11.3 Å². The number of nitrogens with zero attached hydrogens (tertiary/aromatic N) is 1. The Bertz CT molecular complexity index is 675. The number of carbonyl (C=O) groups excluding carboxylic acids is 1. The number of hydrogen-bond donors (Lipinski definition) is 1. The third-order valence-corrected chi connectivity index (χ3v) is 5.55. The van der Waals surface area contributed by atoms with E-state index in [9.17, 15) is 9.18 Å². The molecule has 0 unspecified atom stereocenters. The summed E-state index contributed by atoms with van der Waals surface area (Å²) in [5, 5.41) is 3.16. The second-order valence-electron chi connectivity index (χ2n) is 6.26. The van der Waals surface area contributed by atoms with Crippen molar-refractivity contribution in [1.82, 2.24) is 10.2 Å². The minimum atomic E-state index is -0.248. The summed E-state index contributed by atoms with van der Waals surface area (Å²) in [6.07, 6.45) is 3.21. The Hall–Kier alpha value is -1.72. The maximum absolute atomic E-state index is 13.0. The highest BCUT2D eigenvalue weighted by molar-refractivity contribution is 7.17. The molecular weight excluding hydrogens is 323 g/mol. The van der Waals surface area contributed by atoms with Gasteiger partial charge >= 0.3 is 0 Å². The fourth-order valence-electron chi connectivity index (χ4n) is 3.10. The molecule has 1 fully saturated rings. The van der Waals surface area contributed by atoms with E-state index >= 15 is 0 Å². The lowest BCUT2D eigenvalue weighted by Gasteiger charge is -2.31. The molecule has 1 aromatic heterocycles. The summed E-state index contributed by atoms with van der Waals surface area (Å²) < 4.78 is 13.0. The van der Waals surface area contributed by atoms with Gasteiger partial charge in [-0.2, -0.15) is 0 Å². The lowest BCUT2D eigenvalue weighted by molar-refractivity contribution is 0.0915. The molecular formula is C19H23FN2OS. The van der Waals surface area contributed by atoms with Crippen LogP contribution in [0.5, 0.6) is 0 Å². The molecule has 128 valence electrons. The van der Waals surface area contributed by atoms with E-state index in [-0.39, 0.29) is 17.8 Å². The Morgan fingerprint density at radius 1 is 1.21 bits per heavy atom. The van der Waals surface area contributed by atoms with E-state index in [4.69, 9.17) is 0 Å². The maximum atomic E-state index is 13.0. The van der Waals surface area contributed by atoms with Crippen LogP contribution in [0.25, 0.3) is 10.4 Å².